The van der Waals surface area contributed by atoms with E-state index in [4.69, 9.17) is 16.3 Å². The van der Waals surface area contributed by atoms with Crippen molar-refractivity contribution in [1.82, 2.24) is 5.32 Å². The number of methoxy groups -OCH3 is 1. The van der Waals surface area contributed by atoms with E-state index in [0.29, 0.717) is 22.0 Å². The summed E-state index contributed by atoms with van der Waals surface area (Å²) in [5.41, 5.74) is 2.65. The van der Waals surface area contributed by atoms with Crippen molar-refractivity contribution in [2.45, 2.75) is 26.8 Å². The summed E-state index contributed by atoms with van der Waals surface area (Å²) in [6.45, 7) is 5.71. The summed E-state index contributed by atoms with van der Waals surface area (Å²) < 4.78 is 5.30. The molecule has 2 rings (SSSR count). The Bertz CT molecular complexity index is 876. The monoisotopic (exact) mass is 386 g/mol. The minimum atomic E-state index is -0.359. The van der Waals surface area contributed by atoms with Crippen LogP contribution in [-0.4, -0.2) is 25.0 Å². The van der Waals surface area contributed by atoms with Gasteiger partial charge in [-0.1, -0.05) is 23.2 Å². The topological polar surface area (TPSA) is 67.4 Å². The Hall–Kier alpha value is -2.79. The van der Waals surface area contributed by atoms with Gasteiger partial charge in [0.1, 0.15) is 5.75 Å². The molecule has 2 aromatic carbocycles. The second-order valence-electron chi connectivity index (χ2n) is 6.39. The second kappa shape index (κ2) is 9.24. The highest BCUT2D eigenvalue weighted by Crippen LogP contribution is 2.24. The number of carbonyl (C=O) groups is 2. The molecule has 2 amide bonds. The Morgan fingerprint density at radius 3 is 2.56 bits per heavy atom. The summed E-state index contributed by atoms with van der Waals surface area (Å²) in [5, 5.41) is 5.86. The number of carbonyl (C=O) groups excluding carboxylic acids is 2. The average molecular weight is 387 g/mol. The zero-order valence-electron chi connectivity index (χ0n) is 15.8. The van der Waals surface area contributed by atoms with Crippen molar-refractivity contribution in [3.05, 3.63) is 64.2 Å². The van der Waals surface area contributed by atoms with Crippen LogP contribution in [0.25, 0.3) is 6.08 Å². The highest BCUT2D eigenvalue weighted by molar-refractivity contribution is 6.34. The van der Waals surface area contributed by atoms with Crippen molar-refractivity contribution in [3.63, 3.8) is 0 Å². The fourth-order valence-electron chi connectivity index (χ4n) is 2.43. The maximum absolute atomic E-state index is 12.3. The molecule has 27 heavy (non-hydrogen) atoms. The zero-order valence-corrected chi connectivity index (χ0v) is 16.6. The summed E-state index contributed by atoms with van der Waals surface area (Å²) in [6.07, 6.45) is 3.07. The maximum atomic E-state index is 12.3. The van der Waals surface area contributed by atoms with E-state index in [1.165, 1.54) is 6.08 Å². The molecular formula is C21H23ClN2O3. The fourth-order valence-corrected chi connectivity index (χ4v) is 2.60. The van der Waals surface area contributed by atoms with Gasteiger partial charge >= 0.3 is 0 Å². The number of anilines is 1. The molecule has 0 saturated heterocycles. The molecule has 0 radical (unpaired) electrons. The first-order valence-corrected chi connectivity index (χ1v) is 8.92. The van der Waals surface area contributed by atoms with Crippen molar-refractivity contribution < 1.29 is 14.3 Å². The van der Waals surface area contributed by atoms with Gasteiger partial charge in [-0.25, -0.2) is 0 Å². The van der Waals surface area contributed by atoms with Gasteiger partial charge in [-0.2, -0.15) is 0 Å². The standard InChI is InChI=1S/C21H23ClN2O3/c1-13(2)23-21(26)16-6-8-17(22)18(12-16)24-20(25)10-7-15-11-14(3)5-9-19(15)27-4/h5-13H,1-4H3,(H,23,26)(H,24,25)/b10-7+. The maximum Gasteiger partial charge on any atom is 0.251 e. The predicted molar refractivity (Wildman–Crippen MR) is 109 cm³/mol. The summed E-state index contributed by atoms with van der Waals surface area (Å²) in [7, 11) is 1.58. The number of halogens is 1. The van der Waals surface area contributed by atoms with Crippen molar-refractivity contribution in [3.8, 4) is 5.75 Å². The van der Waals surface area contributed by atoms with E-state index < -0.39 is 0 Å². The normalized spacial score (nSPS) is 10.9. The van der Waals surface area contributed by atoms with Gasteiger partial charge in [0.15, 0.2) is 0 Å². The Morgan fingerprint density at radius 2 is 1.89 bits per heavy atom. The van der Waals surface area contributed by atoms with Crippen LogP contribution in [0.15, 0.2) is 42.5 Å². The molecule has 0 atom stereocenters. The number of hydrogen-bond donors (Lipinski definition) is 2. The molecule has 0 aliphatic heterocycles. The molecule has 0 saturated carbocycles. The molecule has 142 valence electrons. The van der Waals surface area contributed by atoms with Crippen LogP contribution < -0.4 is 15.4 Å². The van der Waals surface area contributed by atoms with Gasteiger partial charge in [-0.15, -0.1) is 0 Å². The molecular weight excluding hydrogens is 364 g/mol. The van der Waals surface area contributed by atoms with Crippen LogP contribution in [-0.2, 0) is 4.79 Å². The van der Waals surface area contributed by atoms with Crippen LogP contribution in [0.5, 0.6) is 5.75 Å². The third-order valence-electron chi connectivity index (χ3n) is 3.71. The lowest BCUT2D eigenvalue weighted by molar-refractivity contribution is -0.111. The lowest BCUT2D eigenvalue weighted by Crippen LogP contribution is -2.30. The first kappa shape index (κ1) is 20.5. The third-order valence-corrected chi connectivity index (χ3v) is 4.04. The minimum Gasteiger partial charge on any atom is -0.496 e. The quantitative estimate of drug-likeness (QED) is 0.721. The number of ether oxygens (including phenoxy) is 1. The number of hydrogen-bond acceptors (Lipinski definition) is 3. The van der Waals surface area contributed by atoms with Crippen LogP contribution in [0.2, 0.25) is 5.02 Å². The largest absolute Gasteiger partial charge is 0.496 e. The number of aryl methyl sites for hydroxylation is 1. The molecule has 5 nitrogen and oxygen atoms in total. The van der Waals surface area contributed by atoms with Gasteiger partial charge in [0.2, 0.25) is 5.91 Å². The van der Waals surface area contributed by atoms with Crippen LogP contribution in [0.1, 0.15) is 35.3 Å². The third kappa shape index (κ3) is 5.86. The second-order valence-corrected chi connectivity index (χ2v) is 6.80. The van der Waals surface area contributed by atoms with E-state index >= 15 is 0 Å². The van der Waals surface area contributed by atoms with E-state index in [0.717, 1.165) is 11.1 Å². The molecule has 0 bridgehead atoms. The Labute approximate surface area is 164 Å². The summed E-state index contributed by atoms with van der Waals surface area (Å²) in [6, 6.07) is 10.5. The molecule has 0 unspecified atom stereocenters. The minimum absolute atomic E-state index is 0.0125. The van der Waals surface area contributed by atoms with Crippen molar-refractivity contribution in [2.24, 2.45) is 0 Å². The van der Waals surface area contributed by atoms with Crippen molar-refractivity contribution in [2.75, 3.05) is 12.4 Å². The van der Waals surface area contributed by atoms with E-state index in [-0.39, 0.29) is 17.9 Å². The zero-order chi connectivity index (χ0) is 20.0. The smallest absolute Gasteiger partial charge is 0.251 e. The first-order chi connectivity index (χ1) is 12.8. The van der Waals surface area contributed by atoms with E-state index in [1.54, 1.807) is 31.4 Å². The van der Waals surface area contributed by atoms with E-state index in [1.807, 2.05) is 39.0 Å². The molecule has 0 spiro atoms. The number of rotatable bonds is 6. The van der Waals surface area contributed by atoms with Crippen molar-refractivity contribution in [1.29, 1.82) is 0 Å². The highest BCUT2D eigenvalue weighted by atomic mass is 35.5. The van der Waals surface area contributed by atoms with Gasteiger partial charge < -0.3 is 15.4 Å². The predicted octanol–water partition coefficient (Wildman–Crippen LogP) is 4.45. The number of amides is 2. The first-order valence-electron chi connectivity index (χ1n) is 8.54. The van der Waals surface area contributed by atoms with E-state index in [2.05, 4.69) is 10.6 Å². The highest BCUT2D eigenvalue weighted by Gasteiger charge is 2.11. The van der Waals surface area contributed by atoms with Crippen LogP contribution in [0.4, 0.5) is 5.69 Å². The van der Waals surface area contributed by atoms with Gasteiger partial charge in [0.05, 0.1) is 17.8 Å². The summed E-state index contributed by atoms with van der Waals surface area (Å²) in [5.74, 6) is 0.0918. The molecule has 6 heteroatoms. The average Bonchev–Trinajstić information content (AvgIpc) is 2.61. The Balaban J connectivity index is 2.16. The number of nitrogens with one attached hydrogen (secondary N) is 2. The van der Waals surface area contributed by atoms with Crippen LogP contribution >= 0.6 is 11.6 Å². The molecule has 0 fully saturated rings. The summed E-state index contributed by atoms with van der Waals surface area (Å²) >= 11 is 6.15. The molecule has 0 aromatic heterocycles. The van der Waals surface area contributed by atoms with Gasteiger partial charge in [-0.05, 0) is 57.2 Å². The van der Waals surface area contributed by atoms with Crippen LogP contribution in [0, 0.1) is 6.92 Å². The van der Waals surface area contributed by atoms with E-state index in [9.17, 15) is 9.59 Å². The molecule has 2 aromatic rings. The number of benzene rings is 2. The molecule has 0 heterocycles. The molecule has 0 aliphatic rings. The SMILES string of the molecule is COc1ccc(C)cc1/C=C/C(=O)Nc1cc(C(=O)NC(C)C)ccc1Cl. The summed E-state index contributed by atoms with van der Waals surface area (Å²) in [4.78, 5) is 24.4. The lowest BCUT2D eigenvalue weighted by atomic mass is 10.1. The van der Waals surface area contributed by atoms with Crippen LogP contribution in [0.3, 0.4) is 0 Å². The lowest BCUT2D eigenvalue weighted by Gasteiger charge is -2.11. The van der Waals surface area contributed by atoms with Gasteiger partial charge in [0.25, 0.3) is 5.91 Å². The Kier molecular flexibility index (Phi) is 7.02. The van der Waals surface area contributed by atoms with Gasteiger partial charge in [0, 0.05) is 23.2 Å². The molecule has 2 N–H and O–H groups in total. The van der Waals surface area contributed by atoms with Gasteiger partial charge in [-0.3, -0.25) is 9.59 Å². The van der Waals surface area contributed by atoms with Crippen molar-refractivity contribution >= 4 is 35.2 Å². The Morgan fingerprint density at radius 1 is 1.15 bits per heavy atom. The fraction of sp³-hybridized carbons (Fsp3) is 0.238. The molecule has 0 aliphatic carbocycles.